The summed E-state index contributed by atoms with van der Waals surface area (Å²) in [5.41, 5.74) is -0.0254. The number of rotatable bonds is 3. The molecule has 1 aromatic rings. The normalized spacial score (nSPS) is 18.6. The van der Waals surface area contributed by atoms with Gasteiger partial charge in [0, 0.05) is 13.1 Å². The minimum Gasteiger partial charge on any atom is -0.481 e. The van der Waals surface area contributed by atoms with Crippen molar-refractivity contribution in [3.8, 4) is 0 Å². The number of hydrogen-bond acceptors (Lipinski definition) is 5. The molecule has 0 bridgehead atoms. The number of carbonyl (C=O) groups excluding carboxylic acids is 2. The second kappa shape index (κ2) is 5.83. The Labute approximate surface area is 118 Å². The van der Waals surface area contributed by atoms with E-state index in [2.05, 4.69) is 15.3 Å². The van der Waals surface area contributed by atoms with Crippen LogP contribution in [0.3, 0.4) is 0 Å². The lowest BCUT2D eigenvalue weighted by atomic mass is 10.1. The van der Waals surface area contributed by atoms with E-state index in [1.807, 2.05) is 0 Å². The first-order valence-electron chi connectivity index (χ1n) is 5.77. The van der Waals surface area contributed by atoms with E-state index in [1.165, 1.54) is 17.3 Å². The van der Waals surface area contributed by atoms with Crippen LogP contribution < -0.4 is 5.32 Å². The topological polar surface area (TPSA) is 112 Å². The van der Waals surface area contributed by atoms with Crippen LogP contribution in [0.4, 0.5) is 0 Å². The van der Waals surface area contributed by atoms with Gasteiger partial charge < -0.3 is 15.3 Å². The molecule has 9 heteroatoms. The summed E-state index contributed by atoms with van der Waals surface area (Å²) in [5.74, 6) is -2.23. The predicted molar refractivity (Wildman–Crippen MR) is 67.1 cm³/mol. The Morgan fingerprint density at radius 3 is 2.90 bits per heavy atom. The van der Waals surface area contributed by atoms with Crippen LogP contribution in [0.5, 0.6) is 0 Å². The summed E-state index contributed by atoms with van der Waals surface area (Å²) in [4.78, 5) is 43.5. The summed E-state index contributed by atoms with van der Waals surface area (Å²) < 4.78 is 0. The Morgan fingerprint density at radius 2 is 2.25 bits per heavy atom. The molecule has 2 N–H and O–H groups in total. The fourth-order valence-corrected chi connectivity index (χ4v) is 2.07. The van der Waals surface area contributed by atoms with Crippen LogP contribution in [0, 0.1) is 0 Å². The molecule has 0 radical (unpaired) electrons. The first-order valence-corrected chi connectivity index (χ1v) is 6.15. The number of carboxylic acids is 1. The second-order valence-corrected chi connectivity index (χ2v) is 4.52. The minimum absolute atomic E-state index is 0.0254. The summed E-state index contributed by atoms with van der Waals surface area (Å²) in [7, 11) is 0. The van der Waals surface area contributed by atoms with Gasteiger partial charge in [-0.05, 0) is 0 Å². The van der Waals surface area contributed by atoms with E-state index >= 15 is 0 Å². The Kier molecular flexibility index (Phi) is 4.14. The molecule has 0 saturated carbocycles. The van der Waals surface area contributed by atoms with E-state index in [1.54, 1.807) is 0 Å². The summed E-state index contributed by atoms with van der Waals surface area (Å²) in [6.45, 7) is 0.464. The highest BCUT2D eigenvalue weighted by molar-refractivity contribution is 6.29. The number of nitrogens with one attached hydrogen (secondary N) is 1. The zero-order valence-corrected chi connectivity index (χ0v) is 11.0. The molecule has 2 amide bonds. The summed E-state index contributed by atoms with van der Waals surface area (Å²) in [6.07, 6.45) is 2.03. The molecule has 20 heavy (non-hydrogen) atoms. The zero-order chi connectivity index (χ0) is 14.7. The average Bonchev–Trinajstić information content (AvgIpc) is 2.40. The third-order valence-electron chi connectivity index (χ3n) is 2.78. The van der Waals surface area contributed by atoms with E-state index in [0.29, 0.717) is 0 Å². The number of piperazine rings is 1. The van der Waals surface area contributed by atoms with E-state index in [9.17, 15) is 14.4 Å². The fraction of sp³-hybridized carbons (Fsp3) is 0.364. The number of aliphatic carboxylic acids is 1. The minimum atomic E-state index is -1.16. The summed E-state index contributed by atoms with van der Waals surface area (Å²) in [6, 6.07) is -1.06. The molecule has 0 aliphatic carbocycles. The van der Waals surface area contributed by atoms with Crippen molar-refractivity contribution in [2.45, 2.75) is 12.5 Å². The van der Waals surface area contributed by atoms with Crippen LogP contribution in [0.1, 0.15) is 16.9 Å². The third-order valence-corrected chi connectivity index (χ3v) is 2.97. The quantitative estimate of drug-likeness (QED) is 0.781. The Morgan fingerprint density at radius 1 is 1.50 bits per heavy atom. The van der Waals surface area contributed by atoms with Crippen molar-refractivity contribution in [1.29, 1.82) is 0 Å². The van der Waals surface area contributed by atoms with Gasteiger partial charge in [0.15, 0.2) is 0 Å². The maximum atomic E-state index is 12.3. The van der Waals surface area contributed by atoms with Gasteiger partial charge in [0.1, 0.15) is 16.9 Å². The average molecular weight is 299 g/mol. The van der Waals surface area contributed by atoms with Gasteiger partial charge in [0.25, 0.3) is 5.91 Å². The van der Waals surface area contributed by atoms with Gasteiger partial charge in [-0.25, -0.2) is 4.98 Å². The van der Waals surface area contributed by atoms with Crippen molar-refractivity contribution < 1.29 is 19.5 Å². The number of hydrogen-bond donors (Lipinski definition) is 2. The number of amides is 2. The van der Waals surface area contributed by atoms with Crippen molar-refractivity contribution in [3.63, 3.8) is 0 Å². The predicted octanol–water partition coefficient (Wildman–Crippen LogP) is -0.455. The van der Waals surface area contributed by atoms with Gasteiger partial charge in [0.05, 0.1) is 18.8 Å². The van der Waals surface area contributed by atoms with Gasteiger partial charge in [-0.2, -0.15) is 0 Å². The van der Waals surface area contributed by atoms with Crippen LogP contribution in [0.25, 0.3) is 0 Å². The highest BCUT2D eigenvalue weighted by Crippen LogP contribution is 2.13. The van der Waals surface area contributed by atoms with Crippen molar-refractivity contribution >= 4 is 29.4 Å². The molecule has 2 heterocycles. The molecule has 1 atom stereocenters. The SMILES string of the molecule is O=C(O)CC1C(=O)NCCN1C(=O)c1cncc(Cl)n1. The first-order chi connectivity index (χ1) is 9.49. The van der Waals surface area contributed by atoms with E-state index in [-0.39, 0.29) is 23.9 Å². The molecule has 1 aliphatic heterocycles. The van der Waals surface area contributed by atoms with E-state index < -0.39 is 30.2 Å². The monoisotopic (exact) mass is 298 g/mol. The molecule has 2 rings (SSSR count). The van der Waals surface area contributed by atoms with Gasteiger partial charge >= 0.3 is 5.97 Å². The van der Waals surface area contributed by atoms with Crippen molar-refractivity contribution in [3.05, 3.63) is 23.2 Å². The van der Waals surface area contributed by atoms with Crippen molar-refractivity contribution in [2.75, 3.05) is 13.1 Å². The lowest BCUT2D eigenvalue weighted by molar-refractivity contribution is -0.142. The number of carbonyl (C=O) groups is 3. The van der Waals surface area contributed by atoms with Crippen molar-refractivity contribution in [2.24, 2.45) is 0 Å². The lowest BCUT2D eigenvalue weighted by Gasteiger charge is -2.33. The maximum absolute atomic E-state index is 12.3. The van der Waals surface area contributed by atoms with Crippen LogP contribution >= 0.6 is 11.6 Å². The molecule has 1 aromatic heterocycles. The number of halogens is 1. The largest absolute Gasteiger partial charge is 0.481 e. The number of nitrogens with zero attached hydrogens (tertiary/aromatic N) is 3. The highest BCUT2D eigenvalue weighted by atomic mass is 35.5. The molecule has 0 aromatic carbocycles. The van der Waals surface area contributed by atoms with E-state index in [4.69, 9.17) is 16.7 Å². The van der Waals surface area contributed by atoms with Gasteiger partial charge in [-0.1, -0.05) is 11.6 Å². The second-order valence-electron chi connectivity index (χ2n) is 4.13. The van der Waals surface area contributed by atoms with Gasteiger partial charge in [-0.3, -0.25) is 19.4 Å². The van der Waals surface area contributed by atoms with Crippen LogP contribution in [-0.4, -0.2) is 56.9 Å². The molecular weight excluding hydrogens is 288 g/mol. The van der Waals surface area contributed by atoms with Gasteiger partial charge in [-0.15, -0.1) is 0 Å². The molecule has 106 valence electrons. The fourth-order valence-electron chi connectivity index (χ4n) is 1.92. The third kappa shape index (κ3) is 3.02. The zero-order valence-electron chi connectivity index (χ0n) is 10.2. The van der Waals surface area contributed by atoms with E-state index in [0.717, 1.165) is 0 Å². The Hall–Kier alpha value is -2.22. The lowest BCUT2D eigenvalue weighted by Crippen LogP contribution is -2.57. The van der Waals surface area contributed by atoms with Crippen LogP contribution in [-0.2, 0) is 9.59 Å². The summed E-state index contributed by atoms with van der Waals surface area (Å²) >= 11 is 5.66. The smallest absolute Gasteiger partial charge is 0.305 e. The highest BCUT2D eigenvalue weighted by Gasteiger charge is 2.35. The standard InChI is InChI=1S/C11H11ClN4O4/c12-8-5-13-4-6(15-8)11(20)16-2-1-14-10(19)7(16)3-9(17)18/h4-5,7H,1-3H2,(H,14,19)(H,17,18). The van der Waals surface area contributed by atoms with Crippen LogP contribution in [0.15, 0.2) is 12.4 Å². The number of aromatic nitrogens is 2. The molecule has 1 aliphatic rings. The summed E-state index contributed by atoms with van der Waals surface area (Å²) in [5, 5.41) is 11.4. The Bertz CT molecular complexity index is 565. The molecule has 1 unspecified atom stereocenters. The maximum Gasteiger partial charge on any atom is 0.305 e. The number of carboxylic acid groups (broad SMARTS) is 1. The molecule has 0 spiro atoms. The molecule has 8 nitrogen and oxygen atoms in total. The molecular formula is C11H11ClN4O4. The first kappa shape index (κ1) is 14.2. The molecule has 1 saturated heterocycles. The van der Waals surface area contributed by atoms with Crippen LogP contribution in [0.2, 0.25) is 5.15 Å². The molecule has 1 fully saturated rings. The Balaban J connectivity index is 2.25. The van der Waals surface area contributed by atoms with Gasteiger partial charge in [0.2, 0.25) is 5.91 Å². The van der Waals surface area contributed by atoms with Crippen molar-refractivity contribution in [1.82, 2.24) is 20.2 Å².